The summed E-state index contributed by atoms with van der Waals surface area (Å²) in [5, 5.41) is 0. The molecule has 0 aromatic heterocycles. The minimum absolute atomic E-state index is 0.419. The molecule has 98 valence electrons. The Morgan fingerprint density at radius 1 is 0.550 bits per heavy atom. The van der Waals surface area contributed by atoms with Crippen molar-refractivity contribution in [3.63, 3.8) is 0 Å². The molecule has 4 rings (SSSR count). The van der Waals surface area contributed by atoms with Gasteiger partial charge in [-0.1, -0.05) is 54.2 Å². The fourth-order valence-electron chi connectivity index (χ4n) is 2.56. The van der Waals surface area contributed by atoms with Gasteiger partial charge in [0, 0.05) is 19.6 Å². The van der Waals surface area contributed by atoms with Crippen LogP contribution in [0.5, 0.6) is 0 Å². The summed E-state index contributed by atoms with van der Waals surface area (Å²) in [6.45, 7) is 0. The maximum absolute atomic E-state index is 2.29. The molecule has 0 bridgehead atoms. The van der Waals surface area contributed by atoms with E-state index in [1.165, 1.54) is 24.5 Å². The van der Waals surface area contributed by atoms with Crippen LogP contribution in [0.25, 0.3) is 0 Å². The normalized spacial score (nSPS) is 14.5. The van der Waals surface area contributed by atoms with Gasteiger partial charge in [0.15, 0.2) is 0 Å². The summed E-state index contributed by atoms with van der Waals surface area (Å²) in [5.41, 5.74) is 0. The van der Waals surface area contributed by atoms with Crippen molar-refractivity contribution in [2.75, 3.05) is 0 Å². The first-order valence-electron chi connectivity index (χ1n) is 6.64. The van der Waals surface area contributed by atoms with E-state index in [0.29, 0.717) is 0 Å². The highest BCUT2D eigenvalue weighted by molar-refractivity contribution is 8.18. The number of hydrogen-bond acceptors (Lipinski definition) is 1. The first-order valence-corrected chi connectivity index (χ1v) is 8.80. The molecule has 20 heavy (non-hydrogen) atoms. The third-order valence-electron chi connectivity index (χ3n) is 3.45. The Kier molecular flexibility index (Phi) is 3.06. The van der Waals surface area contributed by atoms with Crippen LogP contribution in [0, 0.1) is 0 Å². The molecule has 0 unspecified atom stereocenters. The second-order valence-corrected chi connectivity index (χ2v) is 7.94. The van der Waals surface area contributed by atoms with Crippen molar-refractivity contribution in [3.05, 3.63) is 78.9 Å². The third-order valence-corrected chi connectivity index (χ3v) is 7.46. The van der Waals surface area contributed by atoms with E-state index in [1.54, 1.807) is 0 Å². The van der Waals surface area contributed by atoms with Crippen molar-refractivity contribution in [2.24, 2.45) is 0 Å². The maximum Gasteiger partial charge on any atom is 0.0247 e. The molecule has 2 heteroatoms. The SMILES string of the molecule is c1ccc([SH]2c3ccccc3Sc3ccccc32)cc1. The average molecular weight is 294 g/mol. The summed E-state index contributed by atoms with van der Waals surface area (Å²) in [6.07, 6.45) is 0. The molecule has 0 spiro atoms. The van der Waals surface area contributed by atoms with Crippen molar-refractivity contribution in [1.82, 2.24) is 0 Å². The van der Waals surface area contributed by atoms with E-state index in [-0.39, 0.29) is 0 Å². The Morgan fingerprint density at radius 2 is 1.05 bits per heavy atom. The molecule has 1 heterocycles. The van der Waals surface area contributed by atoms with Gasteiger partial charge >= 0.3 is 0 Å². The Hall–Kier alpha value is -1.64. The molecular formula is C18H14S2. The van der Waals surface area contributed by atoms with Crippen LogP contribution in [0.4, 0.5) is 0 Å². The summed E-state index contributed by atoms with van der Waals surface area (Å²) in [5.74, 6) is 0. The minimum atomic E-state index is -0.419. The number of thiol groups is 1. The second kappa shape index (κ2) is 5.04. The van der Waals surface area contributed by atoms with Crippen LogP contribution in [0.15, 0.2) is 103 Å². The highest BCUT2D eigenvalue weighted by Gasteiger charge is 2.23. The van der Waals surface area contributed by atoms with Gasteiger partial charge in [-0.2, -0.15) is 10.9 Å². The first kappa shape index (κ1) is 12.1. The van der Waals surface area contributed by atoms with Crippen LogP contribution in [-0.2, 0) is 0 Å². The van der Waals surface area contributed by atoms with E-state index < -0.39 is 10.9 Å². The van der Waals surface area contributed by atoms with E-state index in [1.807, 2.05) is 11.8 Å². The minimum Gasteiger partial charge on any atom is -0.171 e. The molecule has 3 aromatic carbocycles. The lowest BCUT2D eigenvalue weighted by Crippen LogP contribution is -1.97. The van der Waals surface area contributed by atoms with Gasteiger partial charge in [0.05, 0.1) is 0 Å². The monoisotopic (exact) mass is 294 g/mol. The molecular weight excluding hydrogens is 280 g/mol. The molecule has 1 aliphatic rings. The lowest BCUT2D eigenvalue weighted by Gasteiger charge is -2.31. The summed E-state index contributed by atoms with van der Waals surface area (Å²) in [6, 6.07) is 28.6. The summed E-state index contributed by atoms with van der Waals surface area (Å²) in [7, 11) is -0.419. The van der Waals surface area contributed by atoms with Crippen LogP contribution < -0.4 is 0 Å². The molecule has 0 N–H and O–H groups in total. The lowest BCUT2D eigenvalue weighted by atomic mass is 10.3. The van der Waals surface area contributed by atoms with Gasteiger partial charge < -0.3 is 0 Å². The van der Waals surface area contributed by atoms with E-state index in [9.17, 15) is 0 Å². The summed E-state index contributed by atoms with van der Waals surface area (Å²) >= 11 is 1.90. The van der Waals surface area contributed by atoms with Gasteiger partial charge in [-0.05, 0) is 41.3 Å². The summed E-state index contributed by atoms with van der Waals surface area (Å²) in [4.78, 5) is 7.21. The second-order valence-electron chi connectivity index (χ2n) is 4.71. The molecule has 0 saturated carbocycles. The van der Waals surface area contributed by atoms with Gasteiger partial charge in [-0.15, -0.1) is 0 Å². The number of fused-ring (bicyclic) bond motifs is 2. The van der Waals surface area contributed by atoms with Crippen LogP contribution in [-0.4, -0.2) is 0 Å². The van der Waals surface area contributed by atoms with Crippen molar-refractivity contribution >= 4 is 22.7 Å². The predicted octanol–water partition coefficient (Wildman–Crippen LogP) is 5.63. The zero-order valence-electron chi connectivity index (χ0n) is 10.9. The van der Waals surface area contributed by atoms with Crippen LogP contribution in [0.3, 0.4) is 0 Å². The molecule has 0 saturated heterocycles. The quantitative estimate of drug-likeness (QED) is 0.444. The van der Waals surface area contributed by atoms with E-state index in [4.69, 9.17) is 0 Å². The molecule has 0 nitrogen and oxygen atoms in total. The lowest BCUT2D eigenvalue weighted by molar-refractivity contribution is 1.13. The van der Waals surface area contributed by atoms with Crippen LogP contribution in [0.1, 0.15) is 0 Å². The molecule has 3 aromatic rings. The fourth-order valence-corrected chi connectivity index (χ4v) is 6.60. The van der Waals surface area contributed by atoms with Crippen molar-refractivity contribution in [1.29, 1.82) is 0 Å². The smallest absolute Gasteiger partial charge is 0.0247 e. The van der Waals surface area contributed by atoms with Gasteiger partial charge in [-0.25, -0.2) is 0 Å². The van der Waals surface area contributed by atoms with E-state index in [2.05, 4.69) is 78.9 Å². The van der Waals surface area contributed by atoms with Crippen molar-refractivity contribution < 1.29 is 0 Å². The van der Waals surface area contributed by atoms with Crippen LogP contribution >= 0.6 is 22.7 Å². The van der Waals surface area contributed by atoms with Gasteiger partial charge in [0.1, 0.15) is 0 Å². The van der Waals surface area contributed by atoms with Gasteiger partial charge in [0.25, 0.3) is 0 Å². The van der Waals surface area contributed by atoms with E-state index in [0.717, 1.165) is 0 Å². The Labute approximate surface area is 126 Å². The third kappa shape index (κ3) is 1.96. The molecule has 0 aliphatic carbocycles. The Bertz CT molecular complexity index is 705. The zero-order chi connectivity index (χ0) is 13.4. The van der Waals surface area contributed by atoms with Crippen molar-refractivity contribution in [2.45, 2.75) is 24.5 Å². The maximum atomic E-state index is 2.29. The number of benzene rings is 3. The van der Waals surface area contributed by atoms with Gasteiger partial charge in [0.2, 0.25) is 0 Å². The average Bonchev–Trinajstić information content (AvgIpc) is 2.53. The Balaban J connectivity index is 1.98. The predicted molar refractivity (Wildman–Crippen MR) is 87.2 cm³/mol. The number of rotatable bonds is 1. The van der Waals surface area contributed by atoms with Crippen LogP contribution in [0.2, 0.25) is 0 Å². The molecule has 0 radical (unpaired) electrons. The fraction of sp³-hybridized carbons (Fsp3) is 0. The topological polar surface area (TPSA) is 0 Å². The first-order chi connectivity index (χ1) is 9.93. The summed E-state index contributed by atoms with van der Waals surface area (Å²) < 4.78 is 0. The highest BCUT2D eigenvalue weighted by Crippen LogP contribution is 2.61. The largest absolute Gasteiger partial charge is 0.171 e. The standard InChI is InChI=1S/C18H14S2/c1-2-8-14(9-3-1)20-17-12-6-4-10-15(17)19-16-11-5-7-13-18(16)20/h1-13,20H. The van der Waals surface area contributed by atoms with Crippen molar-refractivity contribution in [3.8, 4) is 0 Å². The highest BCUT2D eigenvalue weighted by atomic mass is 32.2. The van der Waals surface area contributed by atoms with Gasteiger partial charge in [-0.3, -0.25) is 0 Å². The van der Waals surface area contributed by atoms with E-state index >= 15 is 0 Å². The molecule has 0 amide bonds. The number of hydrogen-bond donors (Lipinski definition) is 1. The molecule has 0 atom stereocenters. The molecule has 1 aliphatic heterocycles. The molecule has 0 fully saturated rings. The zero-order valence-corrected chi connectivity index (χ0v) is 12.6. The Morgan fingerprint density at radius 3 is 1.65 bits per heavy atom.